The molecule has 4 nitrogen and oxygen atoms in total. The fourth-order valence-corrected chi connectivity index (χ4v) is 3.27. The van der Waals surface area contributed by atoms with E-state index >= 15 is 0 Å². The minimum absolute atomic E-state index is 0.0360. The van der Waals surface area contributed by atoms with Crippen LogP contribution in [-0.4, -0.2) is 18.3 Å². The summed E-state index contributed by atoms with van der Waals surface area (Å²) in [6.45, 7) is 3.40. The second-order valence-corrected chi connectivity index (χ2v) is 5.70. The molecule has 4 heteroatoms. The molecule has 0 saturated heterocycles. The van der Waals surface area contributed by atoms with Crippen molar-refractivity contribution in [3.05, 3.63) is 63.9 Å². The molecule has 2 aromatic carbocycles. The predicted octanol–water partition coefficient (Wildman–Crippen LogP) is 3.05. The molecule has 1 aliphatic carbocycles. The molecule has 0 saturated carbocycles. The number of rotatable bonds is 4. The van der Waals surface area contributed by atoms with E-state index in [2.05, 4.69) is 10.3 Å². The number of hydrogen-bond donors (Lipinski definition) is 2. The van der Waals surface area contributed by atoms with Gasteiger partial charge in [-0.25, -0.2) is 0 Å². The first-order valence-corrected chi connectivity index (χ1v) is 7.89. The van der Waals surface area contributed by atoms with Crippen LogP contribution in [0.4, 0.5) is 0 Å². The van der Waals surface area contributed by atoms with Gasteiger partial charge < -0.3 is 9.72 Å². The van der Waals surface area contributed by atoms with Gasteiger partial charge in [0.2, 0.25) is 0 Å². The standard InChI is InChI=1S/C19H18N2O2/c1-2-20-11-23-17-9-5-8-13-15(17)10-16-12-6-3-4-7-14(12)19(22)21-18(13)16/h3-9,20H,2,10-11H2,1H3,(H,21,22). The maximum Gasteiger partial charge on any atom is 0.256 e. The number of nitrogens with one attached hydrogen (secondary N) is 2. The van der Waals surface area contributed by atoms with Crippen LogP contribution in [0.3, 0.4) is 0 Å². The number of ether oxygens (including phenoxy) is 1. The van der Waals surface area contributed by atoms with Crippen LogP contribution in [0.1, 0.15) is 18.1 Å². The van der Waals surface area contributed by atoms with Gasteiger partial charge in [-0.3, -0.25) is 10.1 Å². The van der Waals surface area contributed by atoms with Crippen molar-refractivity contribution >= 4 is 10.8 Å². The molecule has 4 rings (SSSR count). The second kappa shape index (κ2) is 5.56. The van der Waals surface area contributed by atoms with Crippen LogP contribution in [-0.2, 0) is 6.42 Å². The van der Waals surface area contributed by atoms with Crippen LogP contribution in [0.5, 0.6) is 5.75 Å². The molecule has 0 aliphatic heterocycles. The second-order valence-electron chi connectivity index (χ2n) is 5.70. The maximum absolute atomic E-state index is 12.3. The van der Waals surface area contributed by atoms with Gasteiger partial charge in [-0.1, -0.05) is 37.3 Å². The Morgan fingerprint density at radius 2 is 1.91 bits per heavy atom. The van der Waals surface area contributed by atoms with Crippen molar-refractivity contribution in [2.75, 3.05) is 13.3 Å². The summed E-state index contributed by atoms with van der Waals surface area (Å²) in [6, 6.07) is 13.8. The summed E-state index contributed by atoms with van der Waals surface area (Å²) in [5.41, 5.74) is 4.28. The average Bonchev–Trinajstić information content (AvgIpc) is 2.95. The number of aromatic nitrogens is 1. The van der Waals surface area contributed by atoms with Gasteiger partial charge in [0.25, 0.3) is 5.56 Å². The van der Waals surface area contributed by atoms with Crippen molar-refractivity contribution in [2.45, 2.75) is 13.3 Å². The van der Waals surface area contributed by atoms with Crippen LogP contribution in [0, 0.1) is 0 Å². The van der Waals surface area contributed by atoms with E-state index in [-0.39, 0.29) is 5.56 Å². The molecule has 0 bridgehead atoms. The summed E-state index contributed by atoms with van der Waals surface area (Å²) in [4.78, 5) is 15.4. The Morgan fingerprint density at radius 3 is 2.74 bits per heavy atom. The largest absolute Gasteiger partial charge is 0.478 e. The van der Waals surface area contributed by atoms with Crippen LogP contribution in [0.2, 0.25) is 0 Å². The lowest BCUT2D eigenvalue weighted by atomic mass is 10.0. The van der Waals surface area contributed by atoms with Crippen molar-refractivity contribution in [2.24, 2.45) is 0 Å². The molecule has 3 aromatic rings. The minimum Gasteiger partial charge on any atom is -0.478 e. The van der Waals surface area contributed by atoms with Crippen molar-refractivity contribution in [3.8, 4) is 17.0 Å². The first-order chi connectivity index (χ1) is 11.3. The highest BCUT2D eigenvalue weighted by atomic mass is 16.5. The third kappa shape index (κ3) is 2.23. The molecular weight excluding hydrogens is 288 g/mol. The Bertz CT molecular complexity index is 944. The van der Waals surface area contributed by atoms with E-state index in [0.717, 1.165) is 46.3 Å². The topological polar surface area (TPSA) is 54.1 Å². The van der Waals surface area contributed by atoms with E-state index in [1.54, 1.807) is 0 Å². The van der Waals surface area contributed by atoms with E-state index in [1.165, 1.54) is 5.56 Å². The zero-order valence-electron chi connectivity index (χ0n) is 13.0. The van der Waals surface area contributed by atoms with Gasteiger partial charge in [-0.05, 0) is 29.6 Å². The van der Waals surface area contributed by atoms with Crippen LogP contribution < -0.4 is 15.6 Å². The quantitative estimate of drug-likeness (QED) is 0.450. The van der Waals surface area contributed by atoms with E-state index in [4.69, 9.17) is 4.74 Å². The van der Waals surface area contributed by atoms with Crippen molar-refractivity contribution in [1.82, 2.24) is 10.3 Å². The Balaban J connectivity index is 1.86. The summed E-state index contributed by atoms with van der Waals surface area (Å²) >= 11 is 0. The fourth-order valence-electron chi connectivity index (χ4n) is 3.27. The van der Waals surface area contributed by atoms with Crippen molar-refractivity contribution in [1.29, 1.82) is 0 Å². The normalized spacial score (nSPS) is 12.2. The first kappa shape index (κ1) is 14.0. The highest BCUT2D eigenvalue weighted by Crippen LogP contribution is 2.41. The number of hydrogen-bond acceptors (Lipinski definition) is 3. The first-order valence-electron chi connectivity index (χ1n) is 7.89. The molecule has 0 amide bonds. The van der Waals surface area contributed by atoms with Crippen LogP contribution in [0.25, 0.3) is 22.0 Å². The zero-order valence-corrected chi connectivity index (χ0v) is 13.0. The van der Waals surface area contributed by atoms with Gasteiger partial charge in [0, 0.05) is 22.9 Å². The summed E-state index contributed by atoms with van der Waals surface area (Å²) < 4.78 is 5.86. The molecule has 0 spiro atoms. The number of H-pyrrole nitrogens is 1. The molecule has 0 atom stereocenters. The lowest BCUT2D eigenvalue weighted by Gasteiger charge is -2.10. The van der Waals surface area contributed by atoms with Crippen LogP contribution in [0.15, 0.2) is 47.3 Å². The van der Waals surface area contributed by atoms with Crippen LogP contribution >= 0.6 is 0 Å². The minimum atomic E-state index is -0.0360. The van der Waals surface area contributed by atoms with E-state index in [9.17, 15) is 4.79 Å². The van der Waals surface area contributed by atoms with Gasteiger partial charge in [-0.2, -0.15) is 0 Å². The number of aromatic amines is 1. The van der Waals surface area contributed by atoms with Gasteiger partial charge >= 0.3 is 0 Å². The van der Waals surface area contributed by atoms with Gasteiger partial charge in [0.1, 0.15) is 12.5 Å². The Hall–Kier alpha value is -2.59. The van der Waals surface area contributed by atoms with E-state index in [1.807, 2.05) is 49.4 Å². The molecule has 116 valence electrons. The zero-order chi connectivity index (χ0) is 15.8. The van der Waals surface area contributed by atoms with Gasteiger partial charge in [0.05, 0.1) is 5.69 Å². The van der Waals surface area contributed by atoms with Gasteiger partial charge in [0.15, 0.2) is 0 Å². The molecule has 1 heterocycles. The lowest BCUT2D eigenvalue weighted by Crippen LogP contribution is -2.19. The highest BCUT2D eigenvalue weighted by Gasteiger charge is 2.25. The molecule has 1 aromatic heterocycles. The molecule has 0 radical (unpaired) electrons. The molecular formula is C19H18N2O2. The van der Waals surface area contributed by atoms with Gasteiger partial charge in [-0.15, -0.1) is 0 Å². The van der Waals surface area contributed by atoms with Crippen molar-refractivity contribution < 1.29 is 4.74 Å². The molecule has 0 unspecified atom stereocenters. The summed E-state index contributed by atoms with van der Waals surface area (Å²) in [7, 11) is 0. The SMILES string of the molecule is CCNCOc1cccc2c1Cc1c-2[nH]c(=O)c2ccccc12. The smallest absolute Gasteiger partial charge is 0.256 e. The number of fused-ring (bicyclic) bond motifs is 5. The van der Waals surface area contributed by atoms with E-state index in [0.29, 0.717) is 6.73 Å². The third-order valence-corrected chi connectivity index (χ3v) is 4.37. The molecule has 1 aliphatic rings. The van der Waals surface area contributed by atoms with E-state index < -0.39 is 0 Å². The number of pyridine rings is 1. The Labute approximate surface area is 134 Å². The molecule has 23 heavy (non-hydrogen) atoms. The predicted molar refractivity (Wildman–Crippen MR) is 92.0 cm³/mol. The van der Waals surface area contributed by atoms with Crippen molar-refractivity contribution in [3.63, 3.8) is 0 Å². The highest BCUT2D eigenvalue weighted by molar-refractivity contribution is 5.93. The lowest BCUT2D eigenvalue weighted by molar-refractivity contribution is 0.285. The monoisotopic (exact) mass is 306 g/mol. The Kier molecular flexibility index (Phi) is 3.39. The maximum atomic E-state index is 12.3. The number of benzene rings is 2. The summed E-state index contributed by atoms with van der Waals surface area (Å²) in [5, 5.41) is 4.94. The fraction of sp³-hybridized carbons (Fsp3) is 0.211. The molecule has 2 N–H and O–H groups in total. The third-order valence-electron chi connectivity index (χ3n) is 4.37. The Morgan fingerprint density at radius 1 is 1.09 bits per heavy atom. The summed E-state index contributed by atoms with van der Waals surface area (Å²) in [5.74, 6) is 0.879. The average molecular weight is 306 g/mol. The molecule has 0 fully saturated rings. The summed E-state index contributed by atoms with van der Waals surface area (Å²) in [6.07, 6.45) is 0.782.